The van der Waals surface area contributed by atoms with Crippen molar-refractivity contribution in [2.75, 3.05) is 19.0 Å². The maximum atomic E-state index is 13.6. The topological polar surface area (TPSA) is 104 Å². The molecule has 1 fully saturated rings. The van der Waals surface area contributed by atoms with Gasteiger partial charge in [-0.3, -0.25) is 14.5 Å². The van der Waals surface area contributed by atoms with E-state index in [9.17, 15) is 18.8 Å². The molecule has 2 heterocycles. The number of halogens is 1. The number of carbonyl (C=O) groups is 3. The van der Waals surface area contributed by atoms with E-state index >= 15 is 0 Å². The number of rotatable bonds is 8. The first-order valence-corrected chi connectivity index (χ1v) is 10.3. The monoisotopic (exact) mass is 438 g/mol. The molecule has 32 heavy (non-hydrogen) atoms. The van der Waals surface area contributed by atoms with Crippen molar-refractivity contribution in [1.29, 1.82) is 0 Å². The zero-order chi connectivity index (χ0) is 22.7. The highest BCUT2D eigenvalue weighted by molar-refractivity contribution is 6.04. The number of nitrogens with zero attached hydrogens (tertiary/aromatic N) is 1. The molecule has 8 nitrogen and oxygen atoms in total. The molecule has 3 aromatic rings. The lowest BCUT2D eigenvalue weighted by Crippen LogP contribution is -2.33. The molecule has 9 heteroatoms. The summed E-state index contributed by atoms with van der Waals surface area (Å²) in [7, 11) is 1.56. The second-order valence-electron chi connectivity index (χ2n) is 7.56. The van der Waals surface area contributed by atoms with Crippen LogP contribution in [0.15, 0.2) is 48.7 Å². The number of hydrogen-bond donors (Lipinski definition) is 3. The molecular weight excluding hydrogens is 415 g/mol. The second-order valence-corrected chi connectivity index (χ2v) is 7.56. The van der Waals surface area contributed by atoms with Crippen LogP contribution in [0.1, 0.15) is 18.4 Å². The lowest BCUT2D eigenvalue weighted by atomic mass is 10.1. The van der Waals surface area contributed by atoms with Gasteiger partial charge in [-0.1, -0.05) is 0 Å². The molecule has 1 aromatic heterocycles. The van der Waals surface area contributed by atoms with Gasteiger partial charge in [-0.05, 0) is 60.9 Å². The molecular formula is C23H23FN4O4. The van der Waals surface area contributed by atoms with Gasteiger partial charge < -0.3 is 20.4 Å². The highest BCUT2D eigenvalue weighted by Gasteiger charge is 2.37. The number of hydrogen-bond acceptors (Lipinski definition) is 4. The van der Waals surface area contributed by atoms with Crippen LogP contribution in [0.25, 0.3) is 10.9 Å². The molecule has 0 aliphatic carbocycles. The van der Waals surface area contributed by atoms with E-state index in [-0.39, 0.29) is 37.0 Å². The number of nitrogens with one attached hydrogen (secondary N) is 3. The Morgan fingerprint density at radius 1 is 1.19 bits per heavy atom. The standard InChI is InChI=1S/C23H23FN4O4/c1-32-17-5-3-16(4-6-17)26-21(29)9-8-20-22(30)28(23(31)27-20)11-10-14-13-25-19-7-2-15(24)12-18(14)19/h2-7,12-13,20,25H,8-11H2,1H3,(H,26,29)(H,27,31)/t20-/m0/s1. The van der Waals surface area contributed by atoms with Crippen molar-refractivity contribution >= 4 is 34.4 Å². The molecule has 0 bridgehead atoms. The molecule has 4 amide bonds. The molecule has 4 rings (SSSR count). The van der Waals surface area contributed by atoms with Crippen LogP contribution in [0.4, 0.5) is 14.9 Å². The van der Waals surface area contributed by atoms with Gasteiger partial charge in [0.05, 0.1) is 7.11 Å². The SMILES string of the molecule is COc1ccc(NC(=O)CC[C@@H]2NC(=O)N(CCc3c[nH]c4ccc(F)cc34)C2=O)cc1. The van der Waals surface area contributed by atoms with E-state index in [1.807, 2.05) is 0 Å². The Kier molecular flexibility index (Phi) is 6.07. The van der Waals surface area contributed by atoms with Gasteiger partial charge in [-0.25, -0.2) is 9.18 Å². The average Bonchev–Trinajstić information content (AvgIpc) is 3.30. The maximum Gasteiger partial charge on any atom is 0.324 e. The number of aromatic amines is 1. The number of urea groups is 1. The van der Waals surface area contributed by atoms with Gasteiger partial charge in [0.25, 0.3) is 5.91 Å². The van der Waals surface area contributed by atoms with Crippen LogP contribution in [0.5, 0.6) is 5.75 Å². The molecule has 0 saturated carbocycles. The molecule has 1 atom stereocenters. The first-order chi connectivity index (χ1) is 15.4. The molecule has 2 aromatic carbocycles. The van der Waals surface area contributed by atoms with Crippen LogP contribution in [-0.2, 0) is 16.0 Å². The summed E-state index contributed by atoms with van der Waals surface area (Å²) in [6, 6.07) is 10.1. The van der Waals surface area contributed by atoms with Crippen LogP contribution in [-0.4, -0.2) is 47.4 Å². The van der Waals surface area contributed by atoms with Crippen molar-refractivity contribution < 1.29 is 23.5 Å². The Morgan fingerprint density at radius 2 is 1.97 bits per heavy atom. The summed E-state index contributed by atoms with van der Waals surface area (Å²) in [6.07, 6.45) is 2.43. The molecule has 1 saturated heterocycles. The van der Waals surface area contributed by atoms with Crippen LogP contribution < -0.4 is 15.4 Å². The molecule has 1 aliphatic rings. The minimum absolute atomic E-state index is 0.0816. The van der Waals surface area contributed by atoms with Crippen molar-refractivity contribution in [1.82, 2.24) is 15.2 Å². The third-order valence-electron chi connectivity index (χ3n) is 5.48. The Balaban J connectivity index is 1.30. The van der Waals surface area contributed by atoms with Crippen LogP contribution in [0, 0.1) is 5.82 Å². The number of anilines is 1. The first-order valence-electron chi connectivity index (χ1n) is 10.3. The number of methoxy groups -OCH3 is 1. The lowest BCUT2D eigenvalue weighted by Gasteiger charge is -2.13. The number of aromatic nitrogens is 1. The summed E-state index contributed by atoms with van der Waals surface area (Å²) >= 11 is 0. The van der Waals surface area contributed by atoms with Crippen molar-refractivity contribution in [2.24, 2.45) is 0 Å². The maximum absolute atomic E-state index is 13.6. The van der Waals surface area contributed by atoms with Gasteiger partial charge in [0, 0.05) is 35.8 Å². The molecule has 0 radical (unpaired) electrons. The van der Waals surface area contributed by atoms with E-state index in [0.29, 0.717) is 17.9 Å². The van der Waals surface area contributed by atoms with Crippen LogP contribution in [0.3, 0.4) is 0 Å². The summed E-state index contributed by atoms with van der Waals surface area (Å²) in [5, 5.41) is 6.12. The van der Waals surface area contributed by atoms with Gasteiger partial charge in [0.15, 0.2) is 0 Å². The zero-order valence-electron chi connectivity index (χ0n) is 17.5. The largest absolute Gasteiger partial charge is 0.497 e. The Labute approximate surface area is 183 Å². The van der Waals surface area contributed by atoms with Gasteiger partial charge >= 0.3 is 6.03 Å². The van der Waals surface area contributed by atoms with E-state index in [1.54, 1.807) is 43.6 Å². The van der Waals surface area contributed by atoms with E-state index in [2.05, 4.69) is 15.6 Å². The molecule has 0 unspecified atom stereocenters. The predicted molar refractivity (Wildman–Crippen MR) is 117 cm³/mol. The predicted octanol–water partition coefficient (Wildman–Crippen LogP) is 3.20. The van der Waals surface area contributed by atoms with Gasteiger partial charge in [-0.15, -0.1) is 0 Å². The van der Waals surface area contributed by atoms with Gasteiger partial charge in [-0.2, -0.15) is 0 Å². The summed E-state index contributed by atoms with van der Waals surface area (Å²) in [5.74, 6) is -0.281. The number of imide groups is 1. The third kappa shape index (κ3) is 4.56. The van der Waals surface area contributed by atoms with Crippen molar-refractivity contribution in [3.8, 4) is 5.75 Å². The number of H-pyrrole nitrogens is 1. The van der Waals surface area contributed by atoms with E-state index < -0.39 is 12.1 Å². The number of fused-ring (bicyclic) bond motifs is 1. The average molecular weight is 438 g/mol. The highest BCUT2D eigenvalue weighted by Crippen LogP contribution is 2.21. The van der Waals surface area contributed by atoms with Gasteiger partial charge in [0.2, 0.25) is 5.91 Å². The van der Waals surface area contributed by atoms with Crippen molar-refractivity contribution in [3.05, 3.63) is 60.0 Å². The minimum Gasteiger partial charge on any atom is -0.497 e. The smallest absolute Gasteiger partial charge is 0.324 e. The zero-order valence-corrected chi connectivity index (χ0v) is 17.5. The third-order valence-corrected chi connectivity index (χ3v) is 5.48. The van der Waals surface area contributed by atoms with E-state index in [1.165, 1.54) is 12.1 Å². The summed E-state index contributed by atoms with van der Waals surface area (Å²) < 4.78 is 18.6. The lowest BCUT2D eigenvalue weighted by molar-refractivity contribution is -0.127. The van der Waals surface area contributed by atoms with E-state index in [0.717, 1.165) is 21.4 Å². The summed E-state index contributed by atoms with van der Waals surface area (Å²) in [4.78, 5) is 41.4. The molecule has 0 spiro atoms. The fourth-order valence-corrected chi connectivity index (χ4v) is 3.75. The quantitative estimate of drug-likeness (QED) is 0.470. The highest BCUT2D eigenvalue weighted by atomic mass is 19.1. The number of carbonyl (C=O) groups excluding carboxylic acids is 3. The Morgan fingerprint density at radius 3 is 2.72 bits per heavy atom. The van der Waals surface area contributed by atoms with Crippen LogP contribution >= 0.6 is 0 Å². The molecule has 3 N–H and O–H groups in total. The molecule has 1 aliphatic heterocycles. The number of amides is 4. The molecule has 166 valence electrons. The fourth-order valence-electron chi connectivity index (χ4n) is 3.75. The van der Waals surface area contributed by atoms with E-state index in [4.69, 9.17) is 4.74 Å². The Bertz CT molecular complexity index is 1160. The normalized spacial score (nSPS) is 15.8. The van der Waals surface area contributed by atoms with Crippen LogP contribution in [0.2, 0.25) is 0 Å². The number of benzene rings is 2. The minimum atomic E-state index is -0.746. The first kappa shape index (κ1) is 21.4. The summed E-state index contributed by atoms with van der Waals surface area (Å²) in [5.41, 5.74) is 2.23. The van der Waals surface area contributed by atoms with Crippen molar-refractivity contribution in [2.45, 2.75) is 25.3 Å². The summed E-state index contributed by atoms with van der Waals surface area (Å²) in [6.45, 7) is 0.169. The fraction of sp³-hybridized carbons (Fsp3) is 0.261. The second kappa shape index (κ2) is 9.09. The number of ether oxygens (including phenoxy) is 1. The van der Waals surface area contributed by atoms with Gasteiger partial charge in [0.1, 0.15) is 17.6 Å². The Hall–Kier alpha value is -3.88. The van der Waals surface area contributed by atoms with Crippen molar-refractivity contribution in [3.63, 3.8) is 0 Å².